The topological polar surface area (TPSA) is 66.9 Å². The molecule has 2 aliphatic rings. The Balaban J connectivity index is 1.54. The van der Waals surface area contributed by atoms with E-state index in [9.17, 15) is 13.2 Å². The van der Waals surface area contributed by atoms with Crippen LogP contribution in [-0.2, 0) is 21.1 Å². The summed E-state index contributed by atoms with van der Waals surface area (Å²) in [7, 11) is -1.58. The Morgan fingerprint density at radius 3 is 2.34 bits per heavy atom. The summed E-state index contributed by atoms with van der Waals surface area (Å²) >= 11 is 5.97. The SMILES string of the molecule is COc1ccc(CCN2CC(=O)N(c3ccc(Cl)cc3)[C@@H]3CS(=O)(=O)C[C@@H]32)cc1. The normalized spacial score (nSPS) is 23.8. The van der Waals surface area contributed by atoms with Gasteiger partial charge in [0.2, 0.25) is 5.91 Å². The number of methoxy groups -OCH3 is 1. The largest absolute Gasteiger partial charge is 0.497 e. The second-order valence-electron chi connectivity index (χ2n) is 7.52. The minimum Gasteiger partial charge on any atom is -0.497 e. The van der Waals surface area contributed by atoms with Crippen molar-refractivity contribution in [2.45, 2.75) is 18.5 Å². The number of amides is 1. The summed E-state index contributed by atoms with van der Waals surface area (Å²) in [6.45, 7) is 0.832. The van der Waals surface area contributed by atoms with Gasteiger partial charge in [-0.3, -0.25) is 9.69 Å². The Labute approximate surface area is 175 Å². The van der Waals surface area contributed by atoms with E-state index in [1.54, 1.807) is 36.3 Å². The molecule has 0 spiro atoms. The van der Waals surface area contributed by atoms with Gasteiger partial charge in [0.1, 0.15) is 5.75 Å². The number of benzene rings is 2. The Morgan fingerprint density at radius 2 is 1.69 bits per heavy atom. The summed E-state index contributed by atoms with van der Waals surface area (Å²) in [5.74, 6) is 0.783. The van der Waals surface area contributed by atoms with Crippen LogP contribution in [0.2, 0.25) is 5.02 Å². The molecule has 2 fully saturated rings. The Hall–Kier alpha value is -2.09. The first-order valence-corrected chi connectivity index (χ1v) is 11.7. The molecule has 0 radical (unpaired) electrons. The maximum Gasteiger partial charge on any atom is 0.241 e. The molecule has 6 nitrogen and oxygen atoms in total. The first-order chi connectivity index (χ1) is 13.9. The van der Waals surface area contributed by atoms with E-state index in [4.69, 9.17) is 16.3 Å². The fourth-order valence-corrected chi connectivity index (χ4v) is 6.31. The smallest absolute Gasteiger partial charge is 0.241 e. The van der Waals surface area contributed by atoms with Gasteiger partial charge in [-0.1, -0.05) is 23.7 Å². The van der Waals surface area contributed by atoms with Crippen molar-refractivity contribution >= 4 is 33.0 Å². The van der Waals surface area contributed by atoms with Crippen molar-refractivity contribution in [2.75, 3.05) is 36.6 Å². The van der Waals surface area contributed by atoms with Crippen LogP contribution in [0.5, 0.6) is 5.75 Å². The average Bonchev–Trinajstić information content (AvgIpc) is 3.02. The van der Waals surface area contributed by atoms with Crippen LogP contribution in [0.3, 0.4) is 0 Å². The number of carbonyl (C=O) groups is 1. The van der Waals surface area contributed by atoms with Crippen molar-refractivity contribution in [1.82, 2.24) is 4.90 Å². The predicted octanol–water partition coefficient (Wildman–Crippen LogP) is 2.41. The van der Waals surface area contributed by atoms with Gasteiger partial charge < -0.3 is 9.64 Å². The predicted molar refractivity (Wildman–Crippen MR) is 113 cm³/mol. The number of hydrogen-bond acceptors (Lipinski definition) is 5. The van der Waals surface area contributed by atoms with Crippen molar-refractivity contribution in [3.05, 3.63) is 59.1 Å². The standard InChI is InChI=1S/C21H23ClN2O4S/c1-28-18-8-2-15(3-9-18)10-11-23-12-21(25)24(17-6-4-16(22)5-7-17)20-14-29(26,27)13-19(20)23/h2-9,19-20H,10-14H2,1H3/t19-,20+/m0/s1. The highest BCUT2D eigenvalue weighted by Crippen LogP contribution is 2.32. The van der Waals surface area contributed by atoms with Crippen LogP contribution >= 0.6 is 11.6 Å². The van der Waals surface area contributed by atoms with Crippen molar-refractivity contribution in [3.63, 3.8) is 0 Å². The van der Waals surface area contributed by atoms with E-state index in [-0.39, 0.29) is 36.0 Å². The first kappa shape index (κ1) is 20.2. The van der Waals surface area contributed by atoms with E-state index in [1.165, 1.54) is 0 Å². The highest BCUT2D eigenvalue weighted by atomic mass is 35.5. The molecule has 0 aliphatic carbocycles. The van der Waals surface area contributed by atoms with E-state index in [0.29, 0.717) is 17.3 Å². The third kappa shape index (κ3) is 4.27. The zero-order chi connectivity index (χ0) is 20.6. The minimum absolute atomic E-state index is 0.00886. The minimum atomic E-state index is -3.20. The van der Waals surface area contributed by atoms with Gasteiger partial charge in [0.15, 0.2) is 9.84 Å². The van der Waals surface area contributed by atoms with Gasteiger partial charge in [-0.15, -0.1) is 0 Å². The van der Waals surface area contributed by atoms with Crippen molar-refractivity contribution in [3.8, 4) is 5.75 Å². The number of anilines is 1. The number of halogens is 1. The third-order valence-corrected chi connectivity index (χ3v) is 7.60. The molecule has 2 aromatic rings. The lowest BCUT2D eigenvalue weighted by Gasteiger charge is -2.43. The van der Waals surface area contributed by atoms with Crippen LogP contribution in [0.4, 0.5) is 5.69 Å². The van der Waals surface area contributed by atoms with Crippen molar-refractivity contribution in [2.24, 2.45) is 0 Å². The summed E-state index contributed by atoms with van der Waals surface area (Å²) in [5.41, 5.74) is 1.82. The van der Waals surface area contributed by atoms with E-state index in [1.807, 2.05) is 29.2 Å². The molecule has 154 valence electrons. The molecular weight excluding hydrogens is 412 g/mol. The fourth-order valence-electron chi connectivity index (χ4n) is 4.20. The lowest BCUT2D eigenvalue weighted by molar-refractivity contribution is -0.123. The number of hydrogen-bond donors (Lipinski definition) is 0. The van der Waals surface area contributed by atoms with Crippen molar-refractivity contribution in [1.29, 1.82) is 0 Å². The van der Waals surface area contributed by atoms with Crippen LogP contribution in [0.15, 0.2) is 48.5 Å². The van der Waals surface area contributed by atoms with Crippen LogP contribution in [0.1, 0.15) is 5.56 Å². The molecule has 2 atom stereocenters. The average molecular weight is 435 g/mol. The van der Waals surface area contributed by atoms with Gasteiger partial charge in [-0.25, -0.2) is 8.42 Å². The zero-order valence-corrected chi connectivity index (χ0v) is 17.7. The lowest BCUT2D eigenvalue weighted by Crippen LogP contribution is -2.62. The maximum atomic E-state index is 13.0. The summed E-state index contributed by atoms with van der Waals surface area (Å²) in [6, 6.07) is 14.2. The molecule has 2 aliphatic heterocycles. The van der Waals surface area contributed by atoms with Gasteiger partial charge in [-0.2, -0.15) is 0 Å². The summed E-state index contributed by atoms with van der Waals surface area (Å²) < 4.78 is 30.0. The van der Waals surface area contributed by atoms with Crippen molar-refractivity contribution < 1.29 is 17.9 Å². The van der Waals surface area contributed by atoms with Crippen LogP contribution in [0, 0.1) is 0 Å². The Morgan fingerprint density at radius 1 is 1.03 bits per heavy atom. The number of piperazine rings is 1. The molecule has 0 saturated carbocycles. The second kappa shape index (κ2) is 7.97. The molecule has 8 heteroatoms. The highest BCUT2D eigenvalue weighted by Gasteiger charge is 2.49. The lowest BCUT2D eigenvalue weighted by atomic mass is 10.0. The molecule has 0 aromatic heterocycles. The molecule has 0 bridgehead atoms. The van der Waals surface area contributed by atoms with Crippen LogP contribution in [-0.4, -0.2) is 63.0 Å². The van der Waals surface area contributed by atoms with E-state index in [0.717, 1.165) is 17.7 Å². The van der Waals surface area contributed by atoms with Gasteiger partial charge >= 0.3 is 0 Å². The first-order valence-electron chi connectivity index (χ1n) is 9.51. The molecule has 1 amide bonds. The number of nitrogens with zero attached hydrogens (tertiary/aromatic N) is 2. The summed E-state index contributed by atoms with van der Waals surface area (Å²) in [6.07, 6.45) is 0.738. The number of ether oxygens (including phenoxy) is 1. The van der Waals surface area contributed by atoms with Crippen LogP contribution in [0.25, 0.3) is 0 Å². The second-order valence-corrected chi connectivity index (χ2v) is 10.1. The van der Waals surface area contributed by atoms with Gasteiger partial charge in [0, 0.05) is 23.3 Å². The van der Waals surface area contributed by atoms with Gasteiger partial charge in [0.05, 0.1) is 31.2 Å². The zero-order valence-electron chi connectivity index (χ0n) is 16.1. The monoisotopic (exact) mass is 434 g/mol. The molecule has 2 aromatic carbocycles. The van der Waals surface area contributed by atoms with Gasteiger partial charge in [-0.05, 0) is 48.4 Å². The third-order valence-electron chi connectivity index (χ3n) is 5.65. The molecule has 0 unspecified atom stereocenters. The molecule has 2 heterocycles. The molecule has 29 heavy (non-hydrogen) atoms. The molecule has 4 rings (SSSR count). The summed E-state index contributed by atoms with van der Waals surface area (Å²) in [5, 5.41) is 0.579. The van der Waals surface area contributed by atoms with E-state index in [2.05, 4.69) is 0 Å². The number of carbonyl (C=O) groups excluding carboxylic acids is 1. The van der Waals surface area contributed by atoms with Crippen LogP contribution < -0.4 is 9.64 Å². The molecule has 0 N–H and O–H groups in total. The quantitative estimate of drug-likeness (QED) is 0.723. The fraction of sp³-hybridized carbons (Fsp3) is 0.381. The Kier molecular flexibility index (Phi) is 5.55. The number of sulfone groups is 1. The van der Waals surface area contributed by atoms with Gasteiger partial charge in [0.25, 0.3) is 0 Å². The maximum absolute atomic E-state index is 13.0. The molecule has 2 saturated heterocycles. The number of rotatable bonds is 5. The van der Waals surface area contributed by atoms with E-state index >= 15 is 0 Å². The highest BCUT2D eigenvalue weighted by molar-refractivity contribution is 7.91. The Bertz CT molecular complexity index is 992. The number of fused-ring (bicyclic) bond motifs is 1. The molecular formula is C21H23ClN2O4S. The summed E-state index contributed by atoms with van der Waals surface area (Å²) in [4.78, 5) is 16.6. The van der Waals surface area contributed by atoms with E-state index < -0.39 is 9.84 Å².